The second-order valence-electron chi connectivity index (χ2n) is 7.18. The molecular weight excluding hydrogens is 392 g/mol. The Morgan fingerprint density at radius 1 is 1.07 bits per heavy atom. The number of sulfonamides is 1. The summed E-state index contributed by atoms with van der Waals surface area (Å²) in [5.74, 6) is -1.25. The van der Waals surface area contributed by atoms with Crippen LogP contribution in [0.25, 0.3) is 0 Å². The molecule has 1 aromatic carbocycles. The number of hydrogen-bond donors (Lipinski definition) is 3. The van der Waals surface area contributed by atoms with Crippen LogP contribution in [-0.2, 0) is 10.0 Å². The van der Waals surface area contributed by atoms with E-state index < -0.39 is 22.0 Å². The molecule has 154 valence electrons. The Morgan fingerprint density at radius 2 is 1.86 bits per heavy atom. The molecule has 7 nitrogen and oxygen atoms in total. The van der Waals surface area contributed by atoms with E-state index in [9.17, 15) is 18.0 Å². The van der Waals surface area contributed by atoms with E-state index in [-0.39, 0.29) is 10.5 Å². The van der Waals surface area contributed by atoms with Crippen LogP contribution in [0.15, 0.2) is 64.2 Å². The molecule has 2 amide bonds. The van der Waals surface area contributed by atoms with Crippen molar-refractivity contribution in [3.8, 4) is 0 Å². The van der Waals surface area contributed by atoms with Crippen LogP contribution < -0.4 is 10.0 Å². The highest BCUT2D eigenvalue weighted by Gasteiger charge is 2.24. The Kier molecular flexibility index (Phi) is 6.22. The Morgan fingerprint density at radius 3 is 2.62 bits per heavy atom. The number of rotatable bonds is 4. The van der Waals surface area contributed by atoms with Crippen LogP contribution in [0.4, 0.5) is 4.79 Å². The number of benzene rings is 1. The van der Waals surface area contributed by atoms with Crippen molar-refractivity contribution >= 4 is 22.0 Å². The molecule has 0 atom stereocenters. The average molecular weight is 416 g/mol. The lowest BCUT2D eigenvalue weighted by molar-refractivity contribution is 0.0696. The fourth-order valence-corrected chi connectivity index (χ4v) is 4.61. The summed E-state index contributed by atoms with van der Waals surface area (Å²) >= 11 is 0. The maximum Gasteiger partial charge on any atom is 0.335 e. The molecule has 0 saturated heterocycles. The minimum Gasteiger partial charge on any atom is -0.478 e. The molecular formula is C21H24N2O5S. The topological polar surface area (TPSA) is 113 Å². The quantitative estimate of drug-likeness (QED) is 0.690. The molecule has 2 aliphatic rings. The molecule has 0 aliphatic heterocycles. The highest BCUT2D eigenvalue weighted by atomic mass is 32.2. The number of urea groups is 1. The third-order valence-corrected chi connectivity index (χ3v) is 6.42. The normalized spacial score (nSPS) is 19.3. The first-order valence-corrected chi connectivity index (χ1v) is 11.0. The predicted molar refractivity (Wildman–Crippen MR) is 109 cm³/mol. The lowest BCUT2D eigenvalue weighted by Crippen LogP contribution is -2.39. The maximum atomic E-state index is 12.5. The van der Waals surface area contributed by atoms with Crippen LogP contribution in [0, 0.1) is 0 Å². The van der Waals surface area contributed by atoms with Gasteiger partial charge in [0, 0.05) is 5.70 Å². The van der Waals surface area contributed by atoms with Crippen molar-refractivity contribution in [1.29, 1.82) is 0 Å². The second-order valence-corrected chi connectivity index (χ2v) is 8.86. The van der Waals surface area contributed by atoms with Crippen LogP contribution in [-0.4, -0.2) is 25.5 Å². The zero-order valence-corrected chi connectivity index (χ0v) is 16.8. The van der Waals surface area contributed by atoms with E-state index in [2.05, 4.69) is 18.0 Å². The van der Waals surface area contributed by atoms with Gasteiger partial charge in [-0.25, -0.2) is 22.7 Å². The molecule has 0 spiro atoms. The van der Waals surface area contributed by atoms with E-state index in [1.165, 1.54) is 23.8 Å². The predicted octanol–water partition coefficient (Wildman–Crippen LogP) is 3.87. The molecule has 0 heterocycles. The molecule has 2 aliphatic carbocycles. The van der Waals surface area contributed by atoms with E-state index in [0.29, 0.717) is 5.70 Å². The number of fused-ring (bicyclic) bond motifs is 1. The van der Waals surface area contributed by atoms with Gasteiger partial charge in [0.2, 0.25) is 0 Å². The lowest BCUT2D eigenvalue weighted by atomic mass is 10.0. The van der Waals surface area contributed by atoms with Gasteiger partial charge in [-0.1, -0.05) is 18.7 Å². The zero-order chi connectivity index (χ0) is 21.0. The SMILES string of the molecule is C=C1CCCC/C=C2/CCCC2=C1NC(=O)NS(=O)(=O)c1cccc(C(=O)O)c1. The molecule has 0 unspecified atom stereocenters. The average Bonchev–Trinajstić information content (AvgIpc) is 3.14. The van der Waals surface area contributed by atoms with Crippen molar-refractivity contribution in [2.75, 3.05) is 0 Å². The lowest BCUT2D eigenvalue weighted by Gasteiger charge is -2.17. The standard InChI is InChI=1S/C21H24N2O5S/c1-14-7-3-2-4-8-15-9-6-12-18(15)19(14)22-21(26)23-29(27,28)17-11-5-10-16(13-17)20(24)25/h5,8,10-11,13H,1-4,6-7,9,12H2,(H,24,25)(H2,22,23,26)/b15-8-,19-18?. The third-order valence-electron chi connectivity index (χ3n) is 5.10. The Balaban J connectivity index is 1.83. The number of carboxylic acids is 1. The van der Waals surface area contributed by atoms with Crippen LogP contribution in [0.2, 0.25) is 0 Å². The van der Waals surface area contributed by atoms with Crippen molar-refractivity contribution in [3.63, 3.8) is 0 Å². The highest BCUT2D eigenvalue weighted by Crippen LogP contribution is 2.36. The second kappa shape index (κ2) is 8.65. The summed E-state index contributed by atoms with van der Waals surface area (Å²) < 4.78 is 27.0. The summed E-state index contributed by atoms with van der Waals surface area (Å²) in [6.45, 7) is 4.10. The Bertz CT molecular complexity index is 1020. The third kappa shape index (κ3) is 4.95. The van der Waals surface area contributed by atoms with Gasteiger partial charge in [0.25, 0.3) is 10.0 Å². The number of carboxylic acid groups (broad SMARTS) is 1. The van der Waals surface area contributed by atoms with Crippen LogP contribution in [0.3, 0.4) is 0 Å². The fraction of sp³-hybridized carbons (Fsp3) is 0.333. The number of carbonyl (C=O) groups is 2. The van der Waals surface area contributed by atoms with Gasteiger partial charge in [0.15, 0.2) is 0 Å². The molecule has 29 heavy (non-hydrogen) atoms. The molecule has 1 fully saturated rings. The number of nitrogens with one attached hydrogen (secondary N) is 2. The van der Waals surface area contributed by atoms with Crippen molar-refractivity contribution in [3.05, 3.63) is 64.9 Å². The first-order valence-electron chi connectivity index (χ1n) is 9.56. The first-order chi connectivity index (χ1) is 13.8. The zero-order valence-electron chi connectivity index (χ0n) is 16.0. The summed E-state index contributed by atoms with van der Waals surface area (Å²) in [6.07, 6.45) is 8.65. The monoisotopic (exact) mass is 416 g/mol. The smallest absolute Gasteiger partial charge is 0.335 e. The summed E-state index contributed by atoms with van der Waals surface area (Å²) in [5, 5.41) is 11.7. The number of allylic oxidation sites excluding steroid dienone is 4. The van der Waals surface area contributed by atoms with Crippen LogP contribution in [0.5, 0.6) is 0 Å². The number of amides is 2. The van der Waals surface area contributed by atoms with Gasteiger partial charge in [0.1, 0.15) is 0 Å². The summed E-state index contributed by atoms with van der Waals surface area (Å²) in [5.41, 5.74) is 3.43. The summed E-state index contributed by atoms with van der Waals surface area (Å²) in [4.78, 5) is 23.3. The van der Waals surface area contributed by atoms with Crippen LogP contribution in [0.1, 0.15) is 55.3 Å². The van der Waals surface area contributed by atoms with E-state index in [1.807, 2.05) is 4.72 Å². The highest BCUT2D eigenvalue weighted by molar-refractivity contribution is 7.90. The number of hydrogen-bond acceptors (Lipinski definition) is 4. The van der Waals surface area contributed by atoms with Gasteiger partial charge >= 0.3 is 12.0 Å². The minimum absolute atomic E-state index is 0.177. The van der Waals surface area contributed by atoms with Gasteiger partial charge in [-0.2, -0.15) is 0 Å². The number of carbonyl (C=O) groups excluding carboxylic acids is 1. The molecule has 8 heteroatoms. The van der Waals surface area contributed by atoms with Gasteiger partial charge < -0.3 is 10.4 Å². The molecule has 3 rings (SSSR count). The molecule has 3 N–H and O–H groups in total. The van der Waals surface area contributed by atoms with Gasteiger partial charge in [-0.3, -0.25) is 0 Å². The van der Waals surface area contributed by atoms with E-state index in [4.69, 9.17) is 5.11 Å². The van der Waals surface area contributed by atoms with E-state index in [1.54, 1.807) is 0 Å². The van der Waals surface area contributed by atoms with Crippen molar-refractivity contribution < 1.29 is 23.1 Å². The summed E-state index contributed by atoms with van der Waals surface area (Å²) in [6, 6.07) is 3.96. The van der Waals surface area contributed by atoms with Crippen molar-refractivity contribution in [1.82, 2.24) is 10.0 Å². The molecule has 0 aromatic heterocycles. The van der Waals surface area contributed by atoms with Gasteiger partial charge in [-0.05, 0) is 79.9 Å². The van der Waals surface area contributed by atoms with Gasteiger partial charge in [-0.15, -0.1) is 0 Å². The van der Waals surface area contributed by atoms with E-state index in [0.717, 1.165) is 62.2 Å². The summed E-state index contributed by atoms with van der Waals surface area (Å²) in [7, 11) is -4.22. The molecule has 1 saturated carbocycles. The largest absolute Gasteiger partial charge is 0.478 e. The number of aromatic carboxylic acids is 1. The molecule has 1 aromatic rings. The van der Waals surface area contributed by atoms with Gasteiger partial charge in [0.05, 0.1) is 10.5 Å². The maximum absolute atomic E-state index is 12.5. The van der Waals surface area contributed by atoms with Crippen molar-refractivity contribution in [2.24, 2.45) is 0 Å². The minimum atomic E-state index is -4.22. The Hall–Kier alpha value is -2.87. The molecule has 0 radical (unpaired) electrons. The van der Waals surface area contributed by atoms with Crippen LogP contribution >= 0.6 is 0 Å². The fourth-order valence-electron chi connectivity index (χ4n) is 3.66. The first kappa shape index (κ1) is 20.9. The van der Waals surface area contributed by atoms with E-state index >= 15 is 0 Å². The van der Waals surface area contributed by atoms with Crippen molar-refractivity contribution in [2.45, 2.75) is 49.8 Å². The molecule has 0 bridgehead atoms. The Labute approximate surface area is 170 Å².